The van der Waals surface area contributed by atoms with E-state index in [1.807, 2.05) is 39.0 Å². The lowest BCUT2D eigenvalue weighted by Gasteiger charge is -2.49. The van der Waals surface area contributed by atoms with E-state index in [2.05, 4.69) is 26.9 Å². The van der Waals surface area contributed by atoms with Crippen LogP contribution in [0.5, 0.6) is 5.88 Å². The highest BCUT2D eigenvalue weighted by Gasteiger charge is 2.64. The fourth-order valence-corrected chi connectivity index (χ4v) is 9.60. The molecule has 7 nitrogen and oxygen atoms in total. The van der Waals surface area contributed by atoms with Crippen LogP contribution in [0.4, 0.5) is 32.3 Å². The number of fused-ring (bicyclic) bond motifs is 4. The highest BCUT2D eigenvalue weighted by atomic mass is 32.2. The Morgan fingerprint density at radius 3 is 2.31 bits per heavy atom. The van der Waals surface area contributed by atoms with Gasteiger partial charge in [0.1, 0.15) is 0 Å². The lowest BCUT2D eigenvalue weighted by Crippen LogP contribution is -2.49. The van der Waals surface area contributed by atoms with Crippen molar-refractivity contribution in [3.8, 4) is 17.1 Å². The number of nitrogens with zero attached hydrogens (tertiary/aromatic N) is 2. The van der Waals surface area contributed by atoms with E-state index in [0.29, 0.717) is 36.9 Å². The Labute approximate surface area is 301 Å². The number of halogens is 6. The Balaban J connectivity index is 1.36. The molecule has 2 saturated carbocycles. The first-order valence-electron chi connectivity index (χ1n) is 17.8. The summed E-state index contributed by atoms with van der Waals surface area (Å²) in [6, 6.07) is 13.7. The zero-order valence-electron chi connectivity index (χ0n) is 29.8. The first-order valence-corrected chi connectivity index (χ1v) is 19.3. The zero-order chi connectivity index (χ0) is 37.7. The minimum atomic E-state index is -4.40. The fraction of sp³-hybridized carbons (Fsp3) is 0.579. The molecule has 2 unspecified atom stereocenters. The van der Waals surface area contributed by atoms with Crippen LogP contribution in [0.15, 0.2) is 53.4 Å². The second-order valence-electron chi connectivity index (χ2n) is 15.8. The molecule has 0 spiro atoms. The zero-order valence-corrected chi connectivity index (χ0v) is 30.6. The van der Waals surface area contributed by atoms with Crippen molar-refractivity contribution in [2.45, 2.75) is 102 Å². The van der Waals surface area contributed by atoms with Crippen LogP contribution in [0.1, 0.15) is 75.5 Å². The number of aryl methyl sites for hydroxylation is 2. The summed E-state index contributed by atoms with van der Waals surface area (Å²) in [6.07, 6.45) is -7.38. The monoisotopic (exact) mass is 752 g/mol. The van der Waals surface area contributed by atoms with Crippen LogP contribution in [0.3, 0.4) is 0 Å². The first kappa shape index (κ1) is 38.3. The highest BCUT2D eigenvalue weighted by molar-refractivity contribution is 7.92. The van der Waals surface area contributed by atoms with Crippen molar-refractivity contribution in [2.24, 2.45) is 28.6 Å². The minimum Gasteiger partial charge on any atom is -0.477 e. The second-order valence-corrected chi connectivity index (χ2v) is 17.5. The average Bonchev–Trinajstić information content (AvgIpc) is 3.81. The van der Waals surface area contributed by atoms with Gasteiger partial charge in [-0.15, -0.1) is 0 Å². The number of alkyl halides is 6. The van der Waals surface area contributed by atoms with Gasteiger partial charge in [-0.1, -0.05) is 44.2 Å². The van der Waals surface area contributed by atoms with Crippen molar-refractivity contribution in [1.29, 1.82) is 0 Å². The van der Waals surface area contributed by atoms with E-state index < -0.39 is 40.1 Å². The van der Waals surface area contributed by atoms with E-state index in [0.717, 1.165) is 16.7 Å². The van der Waals surface area contributed by atoms with Gasteiger partial charge in [0.25, 0.3) is 10.0 Å². The molecule has 3 aromatic rings. The summed E-state index contributed by atoms with van der Waals surface area (Å²) >= 11 is 0. The Morgan fingerprint density at radius 1 is 1.00 bits per heavy atom. The summed E-state index contributed by atoms with van der Waals surface area (Å²) in [5.41, 5.74) is 1.56. The van der Waals surface area contributed by atoms with Gasteiger partial charge in [0.2, 0.25) is 11.8 Å². The van der Waals surface area contributed by atoms with Gasteiger partial charge in [-0.05, 0) is 111 Å². The molecule has 0 amide bonds. The topological polar surface area (TPSA) is 93.2 Å². The standard InChI is InChI=1S/C38H46F6N4O3S/c1-23-7-5-8-24(2)33(23)31-17-32-47-34(46-31)48-52(49,50)29-10-6-9-26(15-29)16-30(27(22-51-32)19-36(11-12-36)38(42,43)44)25(3)18-35(4)20-28(21-35)45-14-13-37(39,40)41/h5-10,15,17,25,27-28,30,45H,11-14,16,18-22H2,1-4H3,(H,46,47,48)/t25?,27-,28-,30?,35-/m1/s1. The van der Waals surface area contributed by atoms with E-state index in [4.69, 9.17) is 4.74 Å². The Morgan fingerprint density at radius 2 is 1.67 bits per heavy atom. The molecule has 6 rings (SSSR count). The lowest BCUT2D eigenvalue weighted by molar-refractivity contribution is -0.194. The smallest absolute Gasteiger partial charge is 0.394 e. The molecule has 284 valence electrons. The Bertz CT molecular complexity index is 1850. The number of hydrogen-bond acceptors (Lipinski definition) is 6. The summed E-state index contributed by atoms with van der Waals surface area (Å²) in [6.45, 7) is 7.65. The van der Waals surface area contributed by atoms with Gasteiger partial charge >= 0.3 is 12.4 Å². The van der Waals surface area contributed by atoms with Crippen molar-refractivity contribution >= 4 is 16.0 Å². The van der Waals surface area contributed by atoms with Crippen molar-refractivity contribution in [2.75, 3.05) is 17.9 Å². The molecule has 1 aliphatic heterocycles. The van der Waals surface area contributed by atoms with Crippen LogP contribution in [0.2, 0.25) is 0 Å². The Hall–Kier alpha value is -3.39. The summed E-state index contributed by atoms with van der Waals surface area (Å²) in [4.78, 5) is 8.91. The maximum atomic E-state index is 14.6. The molecule has 0 saturated heterocycles. The normalized spacial score (nSPS) is 26.0. The molecule has 3 aliphatic rings. The van der Waals surface area contributed by atoms with E-state index in [1.165, 1.54) is 6.07 Å². The Kier molecular flexibility index (Phi) is 10.4. The maximum Gasteiger partial charge on any atom is 0.394 e. The summed E-state index contributed by atoms with van der Waals surface area (Å²) in [7, 11) is -4.17. The van der Waals surface area contributed by atoms with Gasteiger partial charge in [0.15, 0.2) is 0 Å². The lowest BCUT2D eigenvalue weighted by atomic mass is 9.60. The van der Waals surface area contributed by atoms with Crippen LogP contribution in [-0.2, 0) is 16.4 Å². The number of rotatable bonds is 9. The third-order valence-corrected chi connectivity index (χ3v) is 12.7. The van der Waals surface area contributed by atoms with Gasteiger partial charge in [0.05, 0.1) is 29.0 Å². The molecule has 2 aliphatic carbocycles. The first-order chi connectivity index (χ1) is 24.2. The van der Waals surface area contributed by atoms with Gasteiger partial charge < -0.3 is 10.1 Å². The number of benzene rings is 2. The fourth-order valence-electron chi connectivity index (χ4n) is 8.58. The van der Waals surface area contributed by atoms with E-state index >= 15 is 0 Å². The summed E-state index contributed by atoms with van der Waals surface area (Å²) in [5, 5.41) is 3.00. The highest BCUT2D eigenvalue weighted by Crippen LogP contribution is 2.62. The molecule has 2 aromatic carbocycles. The molecule has 2 N–H and O–H groups in total. The van der Waals surface area contributed by atoms with E-state index in [-0.39, 0.29) is 72.4 Å². The van der Waals surface area contributed by atoms with Gasteiger partial charge in [-0.3, -0.25) is 0 Å². The van der Waals surface area contributed by atoms with Crippen molar-refractivity contribution in [3.05, 3.63) is 65.2 Å². The molecular formula is C38H46F6N4O3S. The molecule has 52 heavy (non-hydrogen) atoms. The minimum absolute atomic E-state index is 0.0246. The van der Waals surface area contributed by atoms with Crippen molar-refractivity contribution in [3.63, 3.8) is 0 Å². The predicted octanol–water partition coefficient (Wildman–Crippen LogP) is 9.20. The summed E-state index contributed by atoms with van der Waals surface area (Å²) in [5.74, 6) is -1.23. The SMILES string of the molecule is Cc1cccc(C)c1-c1cc2nc(n1)NS(=O)(=O)c1cccc(c1)CC(C(C)C[C@]1(C)C[C@@H](NCCC(F)(F)F)C1)[C@H](CC1(C(F)(F)F)CC1)CO2. The molecule has 1 aromatic heterocycles. The van der Waals surface area contributed by atoms with Crippen LogP contribution >= 0.6 is 0 Å². The quantitative estimate of drug-likeness (QED) is 0.212. The number of hydrogen-bond donors (Lipinski definition) is 2. The van der Waals surface area contributed by atoms with Gasteiger partial charge in [-0.25, -0.2) is 18.1 Å². The molecular weight excluding hydrogens is 706 g/mol. The largest absolute Gasteiger partial charge is 0.477 e. The molecule has 2 fully saturated rings. The van der Waals surface area contributed by atoms with Crippen molar-refractivity contribution in [1.82, 2.24) is 15.3 Å². The maximum absolute atomic E-state index is 14.6. The molecule has 0 radical (unpaired) electrons. The number of sulfonamides is 1. The number of nitrogens with one attached hydrogen (secondary N) is 2. The van der Waals surface area contributed by atoms with Crippen molar-refractivity contribution < 1.29 is 39.5 Å². The van der Waals surface area contributed by atoms with E-state index in [9.17, 15) is 34.8 Å². The van der Waals surface area contributed by atoms with Gasteiger partial charge in [-0.2, -0.15) is 31.3 Å². The average molecular weight is 753 g/mol. The molecule has 2 heterocycles. The molecule has 3 atom stereocenters. The molecule has 4 bridgehead atoms. The second kappa shape index (κ2) is 14.1. The number of aromatic nitrogens is 2. The van der Waals surface area contributed by atoms with E-state index in [1.54, 1.807) is 24.3 Å². The van der Waals surface area contributed by atoms with Gasteiger partial charge in [0, 0.05) is 24.2 Å². The van der Waals surface area contributed by atoms with Crippen LogP contribution in [0, 0.1) is 42.4 Å². The van der Waals surface area contributed by atoms with Crippen LogP contribution < -0.4 is 14.8 Å². The predicted molar refractivity (Wildman–Crippen MR) is 186 cm³/mol. The molecule has 14 heteroatoms. The third-order valence-electron chi connectivity index (χ3n) is 11.4. The summed E-state index contributed by atoms with van der Waals surface area (Å²) < 4.78 is 118. The number of ether oxygens (including phenoxy) is 1. The third kappa shape index (κ3) is 8.69. The van der Waals surface area contributed by atoms with Crippen LogP contribution in [0.25, 0.3) is 11.3 Å². The number of anilines is 1. The van der Waals surface area contributed by atoms with Crippen LogP contribution in [-0.4, -0.2) is 49.9 Å².